The Labute approximate surface area is 173 Å². The number of ether oxygens (including phenoxy) is 1. The Hall–Kier alpha value is -0.0400. The standard InChI is InChI=1S/C26H53O/c1-3-4-5-6-7-8-9-10-11-12-13-14-15-16-17-18-19-20-21-22-23-24-25-26-27-2/h1,3-26H2,2H3. The molecule has 0 rings (SSSR count). The van der Waals surface area contributed by atoms with Gasteiger partial charge in [-0.2, -0.15) is 0 Å². The van der Waals surface area contributed by atoms with Crippen LogP contribution in [0, 0.1) is 6.92 Å². The smallest absolute Gasteiger partial charge is 0.0462 e. The van der Waals surface area contributed by atoms with E-state index in [1.54, 1.807) is 7.11 Å². The average Bonchev–Trinajstić information content (AvgIpc) is 2.68. The molecule has 27 heavy (non-hydrogen) atoms. The molecule has 0 fully saturated rings. The zero-order chi connectivity index (χ0) is 19.7. The van der Waals surface area contributed by atoms with E-state index in [-0.39, 0.29) is 0 Å². The summed E-state index contributed by atoms with van der Waals surface area (Å²) < 4.78 is 5.09. The van der Waals surface area contributed by atoms with Crippen molar-refractivity contribution in [3.05, 3.63) is 6.92 Å². The fraction of sp³-hybridized carbons (Fsp3) is 0.962. The quantitative estimate of drug-likeness (QED) is 0.151. The first-order chi connectivity index (χ1) is 13.4. The minimum absolute atomic E-state index is 0.942. The summed E-state index contributed by atoms with van der Waals surface area (Å²) >= 11 is 0. The van der Waals surface area contributed by atoms with E-state index in [0.29, 0.717) is 0 Å². The lowest BCUT2D eigenvalue weighted by atomic mass is 10.0. The highest BCUT2D eigenvalue weighted by molar-refractivity contribution is 4.51. The van der Waals surface area contributed by atoms with Crippen molar-refractivity contribution in [2.45, 2.75) is 148 Å². The first-order valence-electron chi connectivity index (χ1n) is 12.7. The molecule has 1 radical (unpaired) electrons. The molecule has 0 aliphatic heterocycles. The van der Waals surface area contributed by atoms with Crippen LogP contribution < -0.4 is 0 Å². The molecule has 0 spiro atoms. The maximum atomic E-state index is 5.09. The van der Waals surface area contributed by atoms with Gasteiger partial charge in [0.2, 0.25) is 0 Å². The topological polar surface area (TPSA) is 9.23 Å². The molecule has 0 aromatic carbocycles. The van der Waals surface area contributed by atoms with E-state index in [1.807, 2.05) is 0 Å². The van der Waals surface area contributed by atoms with Gasteiger partial charge in [0.05, 0.1) is 0 Å². The Bertz CT molecular complexity index is 214. The molecule has 1 nitrogen and oxygen atoms in total. The highest BCUT2D eigenvalue weighted by Crippen LogP contribution is 2.15. The second-order valence-electron chi connectivity index (χ2n) is 8.62. The highest BCUT2D eigenvalue weighted by Gasteiger charge is 1.95. The van der Waals surface area contributed by atoms with Crippen LogP contribution in [0.25, 0.3) is 0 Å². The van der Waals surface area contributed by atoms with E-state index in [1.165, 1.54) is 141 Å². The van der Waals surface area contributed by atoms with E-state index < -0.39 is 0 Å². The van der Waals surface area contributed by atoms with Crippen molar-refractivity contribution in [1.82, 2.24) is 0 Å². The fourth-order valence-electron chi connectivity index (χ4n) is 3.96. The van der Waals surface area contributed by atoms with Gasteiger partial charge in [-0.3, -0.25) is 0 Å². The van der Waals surface area contributed by atoms with Crippen molar-refractivity contribution in [1.29, 1.82) is 0 Å². The molecular formula is C26H53O. The summed E-state index contributed by atoms with van der Waals surface area (Å²) in [6.45, 7) is 4.85. The number of rotatable bonds is 24. The third kappa shape index (κ3) is 26.0. The molecule has 0 atom stereocenters. The molecule has 163 valence electrons. The Kier molecular flexibility index (Phi) is 25.9. The highest BCUT2D eigenvalue weighted by atomic mass is 16.5. The van der Waals surface area contributed by atoms with E-state index >= 15 is 0 Å². The molecule has 0 heterocycles. The summed E-state index contributed by atoms with van der Waals surface area (Å²) in [5.74, 6) is 0. The average molecular weight is 382 g/mol. The van der Waals surface area contributed by atoms with E-state index in [2.05, 4.69) is 6.92 Å². The summed E-state index contributed by atoms with van der Waals surface area (Å²) in [5.41, 5.74) is 0. The van der Waals surface area contributed by atoms with Crippen molar-refractivity contribution < 1.29 is 4.74 Å². The van der Waals surface area contributed by atoms with Crippen LogP contribution >= 0.6 is 0 Å². The lowest BCUT2D eigenvalue weighted by Gasteiger charge is -2.04. The fourth-order valence-corrected chi connectivity index (χ4v) is 3.96. The number of unbranched alkanes of at least 4 members (excludes halogenated alkanes) is 22. The van der Waals surface area contributed by atoms with Gasteiger partial charge in [0.1, 0.15) is 0 Å². The molecule has 0 bridgehead atoms. The van der Waals surface area contributed by atoms with Crippen molar-refractivity contribution >= 4 is 0 Å². The zero-order valence-electron chi connectivity index (χ0n) is 19.1. The van der Waals surface area contributed by atoms with Crippen LogP contribution in [-0.2, 0) is 4.74 Å². The Morgan fingerprint density at radius 3 is 0.815 bits per heavy atom. The van der Waals surface area contributed by atoms with Gasteiger partial charge in [0.25, 0.3) is 0 Å². The first kappa shape index (κ1) is 27.0. The van der Waals surface area contributed by atoms with Gasteiger partial charge < -0.3 is 4.74 Å². The predicted molar refractivity (Wildman–Crippen MR) is 123 cm³/mol. The summed E-state index contributed by atoms with van der Waals surface area (Å²) in [7, 11) is 1.80. The molecule has 0 N–H and O–H groups in total. The molecule has 0 aromatic heterocycles. The van der Waals surface area contributed by atoms with Gasteiger partial charge in [-0.1, -0.05) is 148 Å². The normalized spacial score (nSPS) is 11.3. The van der Waals surface area contributed by atoms with Gasteiger partial charge in [-0.05, 0) is 6.42 Å². The lowest BCUT2D eigenvalue weighted by molar-refractivity contribution is 0.192. The van der Waals surface area contributed by atoms with Crippen molar-refractivity contribution in [2.24, 2.45) is 0 Å². The largest absolute Gasteiger partial charge is 0.385 e. The summed E-state index contributed by atoms with van der Waals surface area (Å²) in [6.07, 6.45) is 32.8. The maximum absolute atomic E-state index is 5.09. The van der Waals surface area contributed by atoms with Crippen LogP contribution in [0.2, 0.25) is 0 Å². The van der Waals surface area contributed by atoms with Crippen LogP contribution in [0.3, 0.4) is 0 Å². The third-order valence-corrected chi connectivity index (χ3v) is 5.85. The monoisotopic (exact) mass is 381 g/mol. The van der Waals surface area contributed by atoms with E-state index in [0.717, 1.165) is 13.0 Å². The molecule has 0 saturated carbocycles. The first-order valence-corrected chi connectivity index (χ1v) is 12.7. The number of hydrogen-bond acceptors (Lipinski definition) is 1. The number of methoxy groups -OCH3 is 1. The van der Waals surface area contributed by atoms with Crippen molar-refractivity contribution in [3.8, 4) is 0 Å². The zero-order valence-corrected chi connectivity index (χ0v) is 19.1. The Morgan fingerprint density at radius 2 is 0.593 bits per heavy atom. The molecule has 0 saturated heterocycles. The minimum atomic E-state index is 0.942. The molecule has 0 aromatic rings. The van der Waals surface area contributed by atoms with Gasteiger partial charge in [-0.15, -0.1) is 0 Å². The predicted octanol–water partition coefficient (Wildman–Crippen LogP) is 9.44. The SMILES string of the molecule is [CH2]CCCCCCCCCCCCCCCCCCCCCCCCOC. The molecule has 0 unspecified atom stereocenters. The Morgan fingerprint density at radius 1 is 0.370 bits per heavy atom. The van der Waals surface area contributed by atoms with Crippen LogP contribution in [0.1, 0.15) is 148 Å². The van der Waals surface area contributed by atoms with E-state index in [9.17, 15) is 0 Å². The van der Waals surface area contributed by atoms with E-state index in [4.69, 9.17) is 4.74 Å². The van der Waals surface area contributed by atoms with Crippen LogP contribution in [0.4, 0.5) is 0 Å². The second kappa shape index (κ2) is 26.0. The maximum Gasteiger partial charge on any atom is 0.0462 e. The summed E-state index contributed by atoms with van der Waals surface area (Å²) in [4.78, 5) is 0. The summed E-state index contributed by atoms with van der Waals surface area (Å²) in [6, 6.07) is 0. The number of hydrogen-bond donors (Lipinski definition) is 0. The Balaban J connectivity index is 2.95. The molecule has 0 amide bonds. The molecule has 0 aliphatic carbocycles. The molecular weight excluding hydrogens is 328 g/mol. The lowest BCUT2D eigenvalue weighted by Crippen LogP contribution is -1.88. The second-order valence-corrected chi connectivity index (χ2v) is 8.62. The molecule has 0 aliphatic rings. The van der Waals surface area contributed by atoms with Crippen molar-refractivity contribution in [3.63, 3.8) is 0 Å². The van der Waals surface area contributed by atoms with Gasteiger partial charge >= 0.3 is 0 Å². The van der Waals surface area contributed by atoms with Crippen molar-refractivity contribution in [2.75, 3.05) is 13.7 Å². The summed E-state index contributed by atoms with van der Waals surface area (Å²) in [5, 5.41) is 0. The van der Waals surface area contributed by atoms with Gasteiger partial charge in [-0.25, -0.2) is 0 Å². The van der Waals surface area contributed by atoms with Crippen LogP contribution in [0.15, 0.2) is 0 Å². The molecule has 1 heteroatoms. The third-order valence-electron chi connectivity index (χ3n) is 5.85. The minimum Gasteiger partial charge on any atom is -0.385 e. The van der Waals surface area contributed by atoms with Gasteiger partial charge in [0.15, 0.2) is 0 Å². The van der Waals surface area contributed by atoms with Crippen LogP contribution in [0.5, 0.6) is 0 Å². The van der Waals surface area contributed by atoms with Crippen LogP contribution in [-0.4, -0.2) is 13.7 Å². The van der Waals surface area contributed by atoms with Gasteiger partial charge in [0, 0.05) is 13.7 Å².